The summed E-state index contributed by atoms with van der Waals surface area (Å²) in [5.41, 5.74) is 4.93. The minimum atomic E-state index is 0.627. The Bertz CT molecular complexity index is 1290. The Morgan fingerprint density at radius 3 is 2.67 bits per heavy atom. The number of fused-ring (bicyclic) bond motifs is 1. The molecule has 0 spiro atoms. The summed E-state index contributed by atoms with van der Waals surface area (Å²) in [5.74, 6) is 0.627. The van der Waals surface area contributed by atoms with Gasteiger partial charge in [0.05, 0.1) is 23.4 Å². The van der Waals surface area contributed by atoms with E-state index in [1.807, 2.05) is 66.3 Å². The summed E-state index contributed by atoms with van der Waals surface area (Å²) in [6.45, 7) is 2.65. The highest BCUT2D eigenvalue weighted by molar-refractivity contribution is 7.98. The van der Waals surface area contributed by atoms with Gasteiger partial charge in [-0.05, 0) is 47.2 Å². The van der Waals surface area contributed by atoms with E-state index in [1.165, 1.54) is 11.8 Å². The van der Waals surface area contributed by atoms with Gasteiger partial charge in [0.15, 0.2) is 0 Å². The van der Waals surface area contributed by atoms with E-state index < -0.39 is 0 Å². The van der Waals surface area contributed by atoms with E-state index in [-0.39, 0.29) is 0 Å². The Morgan fingerprint density at radius 2 is 1.77 bits per heavy atom. The SMILES string of the molecule is Cc1nc2ccccc2cc1Cn1cc(CSc2nnnn2-c2ccccc2)nn1. The maximum absolute atomic E-state index is 4.70. The monoisotopic (exact) mass is 414 g/mol. The van der Waals surface area contributed by atoms with Crippen LogP contribution in [0.2, 0.25) is 0 Å². The molecule has 0 saturated heterocycles. The van der Waals surface area contributed by atoms with Crippen LogP contribution in [-0.4, -0.2) is 40.2 Å². The summed E-state index contributed by atoms with van der Waals surface area (Å²) in [5, 5.41) is 22.4. The highest BCUT2D eigenvalue weighted by Crippen LogP contribution is 2.22. The van der Waals surface area contributed by atoms with E-state index in [0.29, 0.717) is 17.5 Å². The number of pyridine rings is 1. The van der Waals surface area contributed by atoms with Crippen molar-refractivity contribution in [3.8, 4) is 5.69 Å². The van der Waals surface area contributed by atoms with E-state index in [4.69, 9.17) is 4.98 Å². The molecule has 0 fully saturated rings. The second kappa shape index (κ2) is 8.03. The average molecular weight is 414 g/mol. The number of hydrogen-bond acceptors (Lipinski definition) is 7. The zero-order valence-corrected chi connectivity index (χ0v) is 17.1. The number of aromatic nitrogens is 8. The number of tetrazole rings is 1. The van der Waals surface area contributed by atoms with Crippen molar-refractivity contribution >= 4 is 22.7 Å². The molecule has 3 aromatic heterocycles. The molecule has 0 radical (unpaired) electrons. The van der Waals surface area contributed by atoms with Gasteiger partial charge in [-0.3, -0.25) is 4.98 Å². The van der Waals surface area contributed by atoms with Crippen LogP contribution in [0.4, 0.5) is 0 Å². The van der Waals surface area contributed by atoms with Crippen LogP contribution in [0.15, 0.2) is 72.0 Å². The smallest absolute Gasteiger partial charge is 0.214 e. The largest absolute Gasteiger partial charge is 0.253 e. The molecule has 0 aliphatic rings. The molecule has 148 valence electrons. The van der Waals surface area contributed by atoms with Crippen molar-refractivity contribution in [1.29, 1.82) is 0 Å². The maximum atomic E-state index is 4.70. The van der Waals surface area contributed by atoms with Gasteiger partial charge in [-0.25, -0.2) is 4.68 Å². The minimum Gasteiger partial charge on any atom is -0.253 e. The highest BCUT2D eigenvalue weighted by atomic mass is 32.2. The topological polar surface area (TPSA) is 87.2 Å². The van der Waals surface area contributed by atoms with E-state index in [0.717, 1.165) is 33.5 Å². The van der Waals surface area contributed by atoms with E-state index in [2.05, 4.69) is 38.0 Å². The molecule has 2 aromatic carbocycles. The molecule has 0 aliphatic heterocycles. The number of aryl methyl sites for hydroxylation is 1. The first-order valence-corrected chi connectivity index (χ1v) is 10.5. The summed E-state index contributed by atoms with van der Waals surface area (Å²) in [4.78, 5) is 4.70. The lowest BCUT2D eigenvalue weighted by atomic mass is 10.1. The molecule has 0 unspecified atom stereocenters. The van der Waals surface area contributed by atoms with Crippen molar-refractivity contribution in [2.24, 2.45) is 0 Å². The van der Waals surface area contributed by atoms with Crippen LogP contribution in [0.5, 0.6) is 0 Å². The van der Waals surface area contributed by atoms with Gasteiger partial charge in [0.2, 0.25) is 5.16 Å². The Morgan fingerprint density at radius 1 is 0.933 bits per heavy atom. The zero-order chi connectivity index (χ0) is 20.3. The predicted octanol–water partition coefficient (Wildman–Crippen LogP) is 3.45. The fourth-order valence-corrected chi connectivity index (χ4v) is 3.98. The van der Waals surface area contributed by atoms with Crippen molar-refractivity contribution in [2.45, 2.75) is 24.4 Å². The number of benzene rings is 2. The Kier molecular flexibility index (Phi) is 4.94. The van der Waals surface area contributed by atoms with Gasteiger partial charge < -0.3 is 0 Å². The van der Waals surface area contributed by atoms with Gasteiger partial charge >= 0.3 is 0 Å². The molecule has 0 aliphatic carbocycles. The summed E-state index contributed by atoms with van der Waals surface area (Å²) in [6.07, 6.45) is 1.96. The lowest BCUT2D eigenvalue weighted by Gasteiger charge is -2.07. The number of hydrogen-bond donors (Lipinski definition) is 0. The molecule has 3 heterocycles. The first-order valence-electron chi connectivity index (χ1n) is 9.47. The summed E-state index contributed by atoms with van der Waals surface area (Å²) in [6, 6.07) is 20.1. The molecular formula is C21H18N8S. The van der Waals surface area contributed by atoms with Crippen molar-refractivity contribution in [3.05, 3.63) is 83.8 Å². The molecule has 0 N–H and O–H groups in total. The van der Waals surface area contributed by atoms with Crippen LogP contribution in [0.25, 0.3) is 16.6 Å². The van der Waals surface area contributed by atoms with Gasteiger partial charge in [0.1, 0.15) is 0 Å². The lowest BCUT2D eigenvalue weighted by Crippen LogP contribution is -2.03. The van der Waals surface area contributed by atoms with Gasteiger partial charge in [0, 0.05) is 23.0 Å². The molecule has 30 heavy (non-hydrogen) atoms. The molecule has 5 rings (SSSR count). The molecular weight excluding hydrogens is 396 g/mol. The molecule has 9 heteroatoms. The van der Waals surface area contributed by atoms with Crippen LogP contribution in [0, 0.1) is 6.92 Å². The fraction of sp³-hybridized carbons (Fsp3) is 0.143. The summed E-state index contributed by atoms with van der Waals surface area (Å²) >= 11 is 1.52. The number of thioether (sulfide) groups is 1. The second-order valence-corrected chi connectivity index (χ2v) is 7.77. The van der Waals surface area contributed by atoms with Gasteiger partial charge in [-0.1, -0.05) is 53.4 Å². The highest BCUT2D eigenvalue weighted by Gasteiger charge is 2.11. The summed E-state index contributed by atoms with van der Waals surface area (Å²) < 4.78 is 3.56. The molecule has 0 bridgehead atoms. The van der Waals surface area contributed by atoms with Crippen LogP contribution >= 0.6 is 11.8 Å². The molecule has 8 nitrogen and oxygen atoms in total. The zero-order valence-electron chi connectivity index (χ0n) is 16.3. The molecule has 0 saturated carbocycles. The fourth-order valence-electron chi connectivity index (χ4n) is 3.21. The molecule has 0 amide bonds. The van der Waals surface area contributed by atoms with Crippen LogP contribution in [-0.2, 0) is 12.3 Å². The second-order valence-electron chi connectivity index (χ2n) is 6.83. The summed E-state index contributed by atoms with van der Waals surface area (Å²) in [7, 11) is 0. The van der Waals surface area contributed by atoms with Crippen LogP contribution < -0.4 is 0 Å². The third-order valence-electron chi connectivity index (χ3n) is 4.73. The third-order valence-corrected chi connectivity index (χ3v) is 5.68. The Balaban J connectivity index is 1.29. The van der Waals surface area contributed by atoms with Gasteiger partial charge in [-0.15, -0.1) is 10.2 Å². The predicted molar refractivity (Wildman–Crippen MR) is 114 cm³/mol. The third kappa shape index (κ3) is 3.79. The van der Waals surface area contributed by atoms with E-state index >= 15 is 0 Å². The van der Waals surface area contributed by atoms with Crippen LogP contribution in [0.3, 0.4) is 0 Å². The normalized spacial score (nSPS) is 11.2. The van der Waals surface area contributed by atoms with Crippen molar-refractivity contribution < 1.29 is 0 Å². The van der Waals surface area contributed by atoms with Gasteiger partial charge in [-0.2, -0.15) is 4.68 Å². The van der Waals surface area contributed by atoms with Crippen molar-refractivity contribution in [1.82, 2.24) is 40.2 Å². The molecule has 0 atom stereocenters. The van der Waals surface area contributed by atoms with E-state index in [9.17, 15) is 0 Å². The minimum absolute atomic E-state index is 0.627. The quantitative estimate of drug-likeness (QED) is 0.393. The first-order chi connectivity index (χ1) is 14.8. The Labute approximate surface area is 177 Å². The Hall–Kier alpha value is -3.59. The maximum Gasteiger partial charge on any atom is 0.214 e. The first kappa shape index (κ1) is 18.4. The van der Waals surface area contributed by atoms with Crippen molar-refractivity contribution in [2.75, 3.05) is 0 Å². The number of rotatable bonds is 6. The lowest BCUT2D eigenvalue weighted by molar-refractivity contribution is 0.646. The van der Waals surface area contributed by atoms with Gasteiger partial charge in [0.25, 0.3) is 0 Å². The average Bonchev–Trinajstić information content (AvgIpc) is 3.43. The number of nitrogens with zero attached hydrogens (tertiary/aromatic N) is 8. The van der Waals surface area contributed by atoms with Crippen molar-refractivity contribution in [3.63, 3.8) is 0 Å². The van der Waals surface area contributed by atoms with Crippen LogP contribution in [0.1, 0.15) is 17.0 Å². The number of para-hydroxylation sites is 2. The van der Waals surface area contributed by atoms with E-state index in [1.54, 1.807) is 4.68 Å². The molecule has 5 aromatic rings. The standard InChI is InChI=1S/C21H18N8S/c1-15-17(11-16-7-5-6-10-20(16)22-15)12-28-13-18(23-26-28)14-30-21-24-25-27-29(21)19-8-3-2-4-9-19/h2-11,13H,12,14H2,1H3.